The first kappa shape index (κ1) is 10.1. The van der Waals surface area contributed by atoms with Gasteiger partial charge in [0.05, 0.1) is 17.4 Å². The van der Waals surface area contributed by atoms with Crippen LogP contribution in [-0.2, 0) is 0 Å². The lowest BCUT2D eigenvalue weighted by Crippen LogP contribution is -1.99. The van der Waals surface area contributed by atoms with Crippen molar-refractivity contribution in [2.45, 2.75) is 0 Å². The van der Waals surface area contributed by atoms with Crippen LogP contribution in [0.5, 0.6) is 0 Å². The Morgan fingerprint density at radius 3 is 2.81 bits per heavy atom. The van der Waals surface area contributed by atoms with Gasteiger partial charge in [-0.3, -0.25) is 0 Å². The molecule has 0 saturated heterocycles. The van der Waals surface area contributed by atoms with Crippen molar-refractivity contribution in [1.82, 2.24) is 10.2 Å². The smallest absolute Gasteiger partial charge is 0.171 e. The first-order valence-corrected chi connectivity index (χ1v) is 4.54. The van der Waals surface area contributed by atoms with Gasteiger partial charge in [-0.25, -0.2) is 4.39 Å². The molecule has 2 rings (SSSR count). The Balaban J connectivity index is 2.35. The lowest BCUT2D eigenvalue weighted by molar-refractivity contribution is 0.631. The van der Waals surface area contributed by atoms with E-state index in [0.717, 1.165) is 0 Å². The Kier molecular flexibility index (Phi) is 2.74. The molecule has 0 unspecified atom stereocenters. The molecule has 0 atom stereocenters. The van der Waals surface area contributed by atoms with Crippen molar-refractivity contribution in [2.75, 3.05) is 5.32 Å². The van der Waals surface area contributed by atoms with Crippen LogP contribution < -0.4 is 5.32 Å². The summed E-state index contributed by atoms with van der Waals surface area (Å²) in [6, 6.07) is 9.62. The fraction of sp³-hybridized carbons (Fsp3) is 0. The highest BCUT2D eigenvalue weighted by atomic mass is 19.1. The van der Waals surface area contributed by atoms with Crippen LogP contribution in [0.2, 0.25) is 0 Å². The molecule has 1 aromatic carbocycles. The maximum atomic E-state index is 13.3. The summed E-state index contributed by atoms with van der Waals surface area (Å²) >= 11 is 0. The van der Waals surface area contributed by atoms with Crippen molar-refractivity contribution in [2.24, 2.45) is 0 Å². The van der Waals surface area contributed by atoms with Gasteiger partial charge in [0, 0.05) is 0 Å². The molecule has 0 radical (unpaired) electrons. The van der Waals surface area contributed by atoms with E-state index in [-0.39, 0.29) is 11.5 Å². The van der Waals surface area contributed by atoms with E-state index in [0.29, 0.717) is 5.56 Å². The van der Waals surface area contributed by atoms with Crippen LogP contribution >= 0.6 is 0 Å². The molecule has 1 N–H and O–H groups in total. The molecule has 2 aromatic rings. The van der Waals surface area contributed by atoms with Gasteiger partial charge >= 0.3 is 0 Å². The van der Waals surface area contributed by atoms with Crippen LogP contribution in [0.15, 0.2) is 36.5 Å². The SMILES string of the molecule is N#Cc1ccnnc1Nc1ccccc1F. The Hall–Kier alpha value is -2.48. The topological polar surface area (TPSA) is 61.6 Å². The van der Waals surface area contributed by atoms with Crippen LogP contribution in [0, 0.1) is 17.1 Å². The summed E-state index contributed by atoms with van der Waals surface area (Å²) in [4.78, 5) is 0. The molecule has 0 aliphatic heterocycles. The van der Waals surface area contributed by atoms with Gasteiger partial charge in [0.1, 0.15) is 11.9 Å². The average molecular weight is 214 g/mol. The predicted molar refractivity (Wildman–Crippen MR) is 56.4 cm³/mol. The third-order valence-corrected chi connectivity index (χ3v) is 1.97. The van der Waals surface area contributed by atoms with Crippen LogP contribution in [0.4, 0.5) is 15.9 Å². The maximum absolute atomic E-state index is 13.3. The highest BCUT2D eigenvalue weighted by molar-refractivity contribution is 5.62. The number of benzene rings is 1. The minimum Gasteiger partial charge on any atom is -0.335 e. The molecule has 4 nitrogen and oxygen atoms in total. The summed E-state index contributed by atoms with van der Waals surface area (Å²) in [6.07, 6.45) is 1.41. The summed E-state index contributed by atoms with van der Waals surface area (Å²) in [5.41, 5.74) is 0.581. The van der Waals surface area contributed by atoms with E-state index in [9.17, 15) is 4.39 Å². The quantitative estimate of drug-likeness (QED) is 0.832. The number of hydrogen-bond donors (Lipinski definition) is 1. The normalized spacial score (nSPS) is 9.50. The van der Waals surface area contributed by atoms with Crippen LogP contribution in [0.3, 0.4) is 0 Å². The molecule has 0 aliphatic carbocycles. The number of nitrogens with zero attached hydrogens (tertiary/aromatic N) is 3. The van der Waals surface area contributed by atoms with Gasteiger partial charge in [-0.15, -0.1) is 5.10 Å². The van der Waals surface area contributed by atoms with E-state index >= 15 is 0 Å². The standard InChI is InChI=1S/C11H7FN4/c12-9-3-1-2-4-10(9)15-11-8(7-13)5-6-14-16-11/h1-6H,(H,15,16). The second kappa shape index (κ2) is 4.36. The second-order valence-corrected chi connectivity index (χ2v) is 3.01. The van der Waals surface area contributed by atoms with Gasteiger partial charge in [0.2, 0.25) is 0 Å². The molecule has 78 valence electrons. The van der Waals surface area contributed by atoms with Crippen molar-refractivity contribution in [1.29, 1.82) is 5.26 Å². The zero-order valence-corrected chi connectivity index (χ0v) is 8.18. The van der Waals surface area contributed by atoms with Crippen molar-refractivity contribution in [3.8, 4) is 6.07 Å². The minimum absolute atomic E-state index is 0.245. The molecule has 0 saturated carbocycles. The summed E-state index contributed by atoms with van der Waals surface area (Å²) in [5.74, 6) is -0.160. The van der Waals surface area contributed by atoms with E-state index in [1.807, 2.05) is 6.07 Å². The number of halogens is 1. The molecular formula is C11H7FN4. The summed E-state index contributed by atoms with van der Waals surface area (Å²) in [7, 11) is 0. The maximum Gasteiger partial charge on any atom is 0.171 e. The van der Waals surface area contributed by atoms with Crippen molar-refractivity contribution in [3.63, 3.8) is 0 Å². The van der Waals surface area contributed by atoms with Gasteiger partial charge in [-0.1, -0.05) is 12.1 Å². The van der Waals surface area contributed by atoms with Crippen molar-refractivity contribution in [3.05, 3.63) is 47.9 Å². The first-order valence-electron chi connectivity index (χ1n) is 4.54. The lowest BCUT2D eigenvalue weighted by Gasteiger charge is -2.06. The number of rotatable bonds is 2. The predicted octanol–water partition coefficient (Wildman–Crippen LogP) is 2.23. The van der Waals surface area contributed by atoms with Gasteiger partial charge in [-0.05, 0) is 18.2 Å². The molecule has 1 aromatic heterocycles. The number of hydrogen-bond acceptors (Lipinski definition) is 4. The first-order chi connectivity index (χ1) is 7.81. The van der Waals surface area contributed by atoms with Gasteiger partial charge in [0.25, 0.3) is 0 Å². The van der Waals surface area contributed by atoms with Gasteiger partial charge in [-0.2, -0.15) is 10.4 Å². The van der Waals surface area contributed by atoms with Crippen molar-refractivity contribution >= 4 is 11.5 Å². The number of para-hydroxylation sites is 1. The van der Waals surface area contributed by atoms with E-state index in [1.54, 1.807) is 18.2 Å². The fourth-order valence-electron chi connectivity index (χ4n) is 1.20. The van der Waals surface area contributed by atoms with Gasteiger partial charge in [0.15, 0.2) is 5.82 Å². The molecule has 0 fully saturated rings. The highest BCUT2D eigenvalue weighted by Gasteiger charge is 2.06. The molecule has 0 bridgehead atoms. The van der Waals surface area contributed by atoms with Crippen LogP contribution in [0.1, 0.15) is 5.56 Å². The number of aromatic nitrogens is 2. The molecule has 0 aliphatic rings. The Morgan fingerprint density at radius 1 is 1.25 bits per heavy atom. The highest BCUT2D eigenvalue weighted by Crippen LogP contribution is 2.19. The van der Waals surface area contributed by atoms with Crippen LogP contribution in [0.25, 0.3) is 0 Å². The number of anilines is 2. The van der Waals surface area contributed by atoms with Gasteiger partial charge < -0.3 is 5.32 Å². The van der Waals surface area contributed by atoms with E-state index in [4.69, 9.17) is 5.26 Å². The average Bonchev–Trinajstić information content (AvgIpc) is 2.33. The zero-order chi connectivity index (χ0) is 11.4. The van der Waals surface area contributed by atoms with Crippen molar-refractivity contribution < 1.29 is 4.39 Å². The van der Waals surface area contributed by atoms with E-state index in [2.05, 4.69) is 15.5 Å². The summed E-state index contributed by atoms with van der Waals surface area (Å²) in [5, 5.41) is 18.9. The Labute approximate surface area is 91.4 Å². The third-order valence-electron chi connectivity index (χ3n) is 1.97. The minimum atomic E-state index is -0.406. The Bertz CT molecular complexity index is 548. The second-order valence-electron chi connectivity index (χ2n) is 3.01. The molecular weight excluding hydrogens is 207 g/mol. The number of nitriles is 1. The Morgan fingerprint density at radius 2 is 2.06 bits per heavy atom. The van der Waals surface area contributed by atoms with E-state index < -0.39 is 5.82 Å². The summed E-state index contributed by atoms with van der Waals surface area (Å²) in [6.45, 7) is 0. The van der Waals surface area contributed by atoms with Crippen LogP contribution in [-0.4, -0.2) is 10.2 Å². The fourth-order valence-corrected chi connectivity index (χ4v) is 1.20. The number of nitrogens with one attached hydrogen (secondary N) is 1. The molecule has 5 heteroatoms. The molecule has 16 heavy (non-hydrogen) atoms. The monoisotopic (exact) mass is 214 g/mol. The third kappa shape index (κ3) is 1.96. The van der Waals surface area contributed by atoms with E-state index in [1.165, 1.54) is 18.3 Å². The zero-order valence-electron chi connectivity index (χ0n) is 8.18. The summed E-state index contributed by atoms with van der Waals surface area (Å²) < 4.78 is 13.3. The molecule has 0 amide bonds. The molecule has 0 spiro atoms. The largest absolute Gasteiger partial charge is 0.335 e. The molecule has 1 heterocycles. The lowest BCUT2D eigenvalue weighted by atomic mass is 10.2.